The number of amides is 1. The Morgan fingerprint density at radius 1 is 1.43 bits per heavy atom. The Balaban J connectivity index is 2.89. The average Bonchev–Trinajstić information content (AvgIpc) is 2.16. The van der Waals surface area contributed by atoms with E-state index in [0.29, 0.717) is 5.69 Å². The Kier molecular flexibility index (Phi) is 3.25. The molecule has 0 aromatic heterocycles. The first-order valence-electron chi connectivity index (χ1n) is 3.90. The van der Waals surface area contributed by atoms with Gasteiger partial charge in [-0.25, -0.2) is 4.39 Å². The molecular formula is C10H9ClFNO. The molecule has 0 bridgehead atoms. The second kappa shape index (κ2) is 4.24. The first-order valence-corrected chi connectivity index (χ1v) is 4.28. The molecular weight excluding hydrogens is 205 g/mol. The van der Waals surface area contributed by atoms with Crippen molar-refractivity contribution in [2.24, 2.45) is 0 Å². The van der Waals surface area contributed by atoms with Gasteiger partial charge < -0.3 is 4.90 Å². The van der Waals surface area contributed by atoms with E-state index < -0.39 is 5.91 Å². The number of nitrogens with zero attached hydrogens (tertiary/aromatic N) is 1. The summed E-state index contributed by atoms with van der Waals surface area (Å²) in [5.74, 6) is -0.752. The molecule has 0 unspecified atom stereocenters. The van der Waals surface area contributed by atoms with Gasteiger partial charge in [0.2, 0.25) is 0 Å². The largest absolute Gasteiger partial charge is 0.311 e. The summed E-state index contributed by atoms with van der Waals surface area (Å²) in [5.41, 5.74) is 0.568. The molecule has 0 spiro atoms. The first-order chi connectivity index (χ1) is 6.52. The molecule has 0 fully saturated rings. The van der Waals surface area contributed by atoms with Crippen LogP contribution in [0.2, 0.25) is 0 Å². The van der Waals surface area contributed by atoms with Gasteiger partial charge in [0.05, 0.1) is 5.03 Å². The fourth-order valence-corrected chi connectivity index (χ4v) is 1.09. The van der Waals surface area contributed by atoms with E-state index in [1.54, 1.807) is 7.05 Å². The zero-order valence-electron chi connectivity index (χ0n) is 7.63. The molecule has 0 N–H and O–H groups in total. The number of anilines is 1. The molecule has 0 radical (unpaired) electrons. The highest BCUT2D eigenvalue weighted by Crippen LogP contribution is 2.15. The third kappa shape index (κ3) is 2.33. The lowest BCUT2D eigenvalue weighted by Crippen LogP contribution is -2.25. The molecule has 0 aliphatic rings. The van der Waals surface area contributed by atoms with E-state index >= 15 is 0 Å². The monoisotopic (exact) mass is 213 g/mol. The van der Waals surface area contributed by atoms with Crippen molar-refractivity contribution in [2.75, 3.05) is 11.9 Å². The fourth-order valence-electron chi connectivity index (χ4n) is 0.964. The van der Waals surface area contributed by atoms with E-state index in [2.05, 4.69) is 6.58 Å². The van der Waals surface area contributed by atoms with Crippen molar-refractivity contribution in [1.29, 1.82) is 0 Å². The molecule has 0 heterocycles. The Hall–Kier alpha value is -1.35. The highest BCUT2D eigenvalue weighted by Gasteiger charge is 2.12. The molecule has 0 saturated heterocycles. The van der Waals surface area contributed by atoms with Crippen LogP contribution in [0.5, 0.6) is 0 Å². The first kappa shape index (κ1) is 10.7. The molecule has 2 nitrogen and oxygen atoms in total. The maximum Gasteiger partial charge on any atom is 0.268 e. The predicted molar refractivity (Wildman–Crippen MR) is 54.8 cm³/mol. The van der Waals surface area contributed by atoms with Crippen molar-refractivity contribution >= 4 is 23.2 Å². The number of carbonyl (C=O) groups is 1. The Morgan fingerprint density at radius 2 is 1.93 bits per heavy atom. The van der Waals surface area contributed by atoms with Gasteiger partial charge in [-0.2, -0.15) is 0 Å². The van der Waals surface area contributed by atoms with E-state index in [9.17, 15) is 9.18 Å². The van der Waals surface area contributed by atoms with Crippen LogP contribution in [0.1, 0.15) is 0 Å². The molecule has 0 aliphatic heterocycles. The second-order valence-corrected chi connectivity index (χ2v) is 3.20. The van der Waals surface area contributed by atoms with Gasteiger partial charge in [-0.15, -0.1) is 0 Å². The summed E-state index contributed by atoms with van der Waals surface area (Å²) in [5, 5.41) is -0.0724. The quantitative estimate of drug-likeness (QED) is 0.692. The zero-order chi connectivity index (χ0) is 10.7. The lowest BCUT2D eigenvalue weighted by Gasteiger charge is -2.16. The third-order valence-electron chi connectivity index (χ3n) is 1.75. The van der Waals surface area contributed by atoms with E-state index in [0.717, 1.165) is 0 Å². The van der Waals surface area contributed by atoms with E-state index in [1.807, 2.05) is 0 Å². The summed E-state index contributed by atoms with van der Waals surface area (Å²) >= 11 is 5.44. The summed E-state index contributed by atoms with van der Waals surface area (Å²) in [6.45, 7) is 3.32. The van der Waals surface area contributed by atoms with Crippen LogP contribution in [-0.4, -0.2) is 13.0 Å². The van der Waals surface area contributed by atoms with Crippen molar-refractivity contribution in [3.8, 4) is 0 Å². The smallest absolute Gasteiger partial charge is 0.268 e. The van der Waals surface area contributed by atoms with Crippen LogP contribution in [-0.2, 0) is 4.79 Å². The number of hydrogen-bond acceptors (Lipinski definition) is 1. The average molecular weight is 214 g/mol. The molecule has 74 valence electrons. The third-order valence-corrected chi connectivity index (χ3v) is 1.91. The van der Waals surface area contributed by atoms with E-state index in [4.69, 9.17) is 11.6 Å². The molecule has 0 saturated carbocycles. The molecule has 4 heteroatoms. The van der Waals surface area contributed by atoms with Gasteiger partial charge >= 0.3 is 0 Å². The van der Waals surface area contributed by atoms with Gasteiger partial charge in [-0.05, 0) is 24.3 Å². The fraction of sp³-hybridized carbons (Fsp3) is 0.100. The number of halogens is 2. The standard InChI is InChI=1S/C10H9ClFNO/c1-7(11)10(14)13(2)9-5-3-8(12)4-6-9/h3-6H,1H2,2H3. The van der Waals surface area contributed by atoms with Gasteiger partial charge in [0.1, 0.15) is 5.82 Å². The summed E-state index contributed by atoms with van der Waals surface area (Å²) < 4.78 is 12.6. The van der Waals surface area contributed by atoms with E-state index in [1.165, 1.54) is 29.2 Å². The molecule has 1 amide bonds. The minimum atomic E-state index is -0.404. The van der Waals surface area contributed by atoms with E-state index in [-0.39, 0.29) is 10.8 Å². The molecule has 1 rings (SSSR count). The predicted octanol–water partition coefficient (Wildman–Crippen LogP) is 2.54. The number of likely N-dealkylation sites (N-methyl/N-ethyl adjacent to an activating group) is 1. The van der Waals surface area contributed by atoms with Crippen LogP contribution in [0, 0.1) is 5.82 Å². The molecule has 14 heavy (non-hydrogen) atoms. The van der Waals surface area contributed by atoms with Crippen LogP contribution in [0.25, 0.3) is 0 Å². The Morgan fingerprint density at radius 3 is 2.36 bits per heavy atom. The van der Waals surface area contributed by atoms with Gasteiger partial charge in [0.25, 0.3) is 5.91 Å². The van der Waals surface area contributed by atoms with Gasteiger partial charge in [-0.1, -0.05) is 18.2 Å². The van der Waals surface area contributed by atoms with Gasteiger partial charge in [-0.3, -0.25) is 4.79 Å². The van der Waals surface area contributed by atoms with Crippen LogP contribution in [0.3, 0.4) is 0 Å². The summed E-state index contributed by atoms with van der Waals surface area (Å²) in [6, 6.07) is 5.53. The number of carbonyl (C=O) groups excluding carboxylic acids is 1. The summed E-state index contributed by atoms with van der Waals surface area (Å²) in [7, 11) is 1.54. The number of rotatable bonds is 2. The van der Waals surface area contributed by atoms with Gasteiger partial charge in [0.15, 0.2) is 0 Å². The Labute approximate surface area is 86.6 Å². The lowest BCUT2D eigenvalue weighted by atomic mass is 10.3. The maximum atomic E-state index is 12.6. The second-order valence-electron chi connectivity index (χ2n) is 2.75. The molecule has 0 aliphatic carbocycles. The van der Waals surface area contributed by atoms with Gasteiger partial charge in [0, 0.05) is 12.7 Å². The van der Waals surface area contributed by atoms with Crippen LogP contribution in [0.4, 0.5) is 10.1 Å². The highest BCUT2D eigenvalue weighted by molar-refractivity contribution is 6.43. The maximum absolute atomic E-state index is 12.6. The van der Waals surface area contributed by atoms with Crippen molar-refractivity contribution in [2.45, 2.75) is 0 Å². The number of benzene rings is 1. The van der Waals surface area contributed by atoms with Crippen molar-refractivity contribution in [3.63, 3.8) is 0 Å². The minimum absolute atomic E-state index is 0.0724. The summed E-state index contributed by atoms with van der Waals surface area (Å²) in [6.07, 6.45) is 0. The van der Waals surface area contributed by atoms with Crippen LogP contribution < -0.4 is 4.90 Å². The van der Waals surface area contributed by atoms with Crippen LogP contribution in [0.15, 0.2) is 35.9 Å². The highest BCUT2D eigenvalue weighted by atomic mass is 35.5. The van der Waals surface area contributed by atoms with Crippen molar-refractivity contribution < 1.29 is 9.18 Å². The lowest BCUT2D eigenvalue weighted by molar-refractivity contribution is -0.114. The van der Waals surface area contributed by atoms with Crippen molar-refractivity contribution in [1.82, 2.24) is 0 Å². The number of hydrogen-bond donors (Lipinski definition) is 0. The molecule has 1 aromatic carbocycles. The SMILES string of the molecule is C=C(Cl)C(=O)N(C)c1ccc(F)cc1. The van der Waals surface area contributed by atoms with Crippen LogP contribution >= 0.6 is 11.6 Å². The molecule has 1 aromatic rings. The molecule has 0 atom stereocenters. The zero-order valence-corrected chi connectivity index (χ0v) is 8.38. The minimum Gasteiger partial charge on any atom is -0.311 e. The topological polar surface area (TPSA) is 20.3 Å². The van der Waals surface area contributed by atoms with Crippen molar-refractivity contribution in [3.05, 3.63) is 41.7 Å². The summed E-state index contributed by atoms with van der Waals surface area (Å²) in [4.78, 5) is 12.6. The Bertz CT molecular complexity index is 361. The normalized spacial score (nSPS) is 9.64.